The van der Waals surface area contributed by atoms with Gasteiger partial charge in [-0.05, 0) is 6.08 Å². The van der Waals surface area contributed by atoms with E-state index in [2.05, 4.69) is 31.1 Å². The summed E-state index contributed by atoms with van der Waals surface area (Å²) in [7, 11) is -1.48. The summed E-state index contributed by atoms with van der Waals surface area (Å²) in [6.07, 6.45) is 2.97. The van der Waals surface area contributed by atoms with Gasteiger partial charge in [0.25, 0.3) is 0 Å². The summed E-state index contributed by atoms with van der Waals surface area (Å²) in [5.41, 5.74) is 3.39. The summed E-state index contributed by atoms with van der Waals surface area (Å²) in [4.78, 5) is 0. The molecule has 1 N–H and O–H groups in total. The van der Waals surface area contributed by atoms with E-state index in [0.717, 1.165) is 0 Å². The highest BCUT2D eigenvalue weighted by Gasteiger charge is 2.12. The summed E-state index contributed by atoms with van der Waals surface area (Å²) in [5, 5.41) is 9.18. The first-order valence-electron chi connectivity index (χ1n) is 4.54. The Hall–Kier alpha value is -1.01. The molecule has 75 valence electrons. The van der Waals surface area contributed by atoms with Crippen LogP contribution in [0.3, 0.4) is 0 Å². The molecular weight excluding hydrogens is 195 g/mol. The van der Waals surface area contributed by atoms with Crippen LogP contribution in [0.4, 0.5) is 4.39 Å². The van der Waals surface area contributed by atoms with Crippen molar-refractivity contribution < 1.29 is 9.50 Å². The molecule has 0 aromatic carbocycles. The molecule has 1 aliphatic carbocycles. The van der Waals surface area contributed by atoms with Crippen molar-refractivity contribution in [3.63, 3.8) is 0 Å². The zero-order valence-electron chi connectivity index (χ0n) is 8.69. The number of allylic oxidation sites excluding steroid dienone is 4. The fourth-order valence-corrected chi connectivity index (χ4v) is 1.46. The van der Waals surface area contributed by atoms with E-state index in [-0.39, 0.29) is 18.0 Å². The minimum absolute atomic E-state index is 0.103. The van der Waals surface area contributed by atoms with Gasteiger partial charge in [-0.2, -0.15) is 0 Å². The maximum absolute atomic E-state index is 13.2. The molecule has 3 heteroatoms. The van der Waals surface area contributed by atoms with Crippen molar-refractivity contribution in [1.29, 1.82) is 0 Å². The second-order valence-electron chi connectivity index (χ2n) is 4.30. The fraction of sp³-hybridized carbons (Fsp3) is 0.364. The Morgan fingerprint density at radius 3 is 2.64 bits per heavy atom. The molecule has 0 saturated carbocycles. The Balaban J connectivity index is 2.92. The van der Waals surface area contributed by atoms with Crippen LogP contribution in [0, 0.1) is 17.9 Å². The second-order valence-corrected chi connectivity index (χ2v) is 9.05. The number of halogens is 1. The van der Waals surface area contributed by atoms with Crippen LogP contribution in [0.5, 0.6) is 0 Å². The molecule has 0 fully saturated rings. The molecular formula is C11H14FOSi. The van der Waals surface area contributed by atoms with Crippen molar-refractivity contribution >= 4 is 8.07 Å². The van der Waals surface area contributed by atoms with Gasteiger partial charge in [-0.1, -0.05) is 25.6 Å². The Labute approximate surface area is 85.3 Å². The minimum atomic E-state index is -1.48. The van der Waals surface area contributed by atoms with E-state index in [1.807, 2.05) is 0 Å². The van der Waals surface area contributed by atoms with E-state index in [1.54, 1.807) is 0 Å². The second kappa shape index (κ2) is 4.01. The molecule has 0 aliphatic heterocycles. The summed E-state index contributed by atoms with van der Waals surface area (Å²) in [6, 6.07) is 0. The number of rotatable bonds is 0. The zero-order valence-corrected chi connectivity index (χ0v) is 9.69. The van der Waals surface area contributed by atoms with Gasteiger partial charge in [-0.15, -0.1) is 5.54 Å². The zero-order chi connectivity index (χ0) is 10.8. The van der Waals surface area contributed by atoms with E-state index in [1.165, 1.54) is 12.5 Å². The average Bonchev–Trinajstić information content (AvgIpc) is 2.05. The first-order chi connectivity index (χ1) is 6.38. The lowest BCUT2D eigenvalue weighted by Crippen LogP contribution is -2.16. The molecule has 0 aromatic heterocycles. The van der Waals surface area contributed by atoms with Crippen LogP contribution < -0.4 is 0 Å². The number of hydrogen-bond acceptors (Lipinski definition) is 1. The van der Waals surface area contributed by atoms with E-state index in [4.69, 9.17) is 0 Å². The lowest BCUT2D eigenvalue weighted by molar-refractivity contribution is 0.410. The number of hydrogen-bond donors (Lipinski definition) is 1. The average molecular weight is 209 g/mol. The molecule has 0 unspecified atom stereocenters. The Bertz CT molecular complexity index is 350. The summed E-state index contributed by atoms with van der Waals surface area (Å²) in [5.74, 6) is 2.65. The maximum Gasteiger partial charge on any atom is 0.129 e. The molecule has 0 atom stereocenters. The van der Waals surface area contributed by atoms with Crippen molar-refractivity contribution in [2.45, 2.75) is 26.1 Å². The van der Waals surface area contributed by atoms with Gasteiger partial charge in [-0.25, -0.2) is 4.39 Å². The van der Waals surface area contributed by atoms with Gasteiger partial charge in [0.2, 0.25) is 0 Å². The molecule has 0 saturated heterocycles. The van der Waals surface area contributed by atoms with E-state index in [9.17, 15) is 9.50 Å². The highest BCUT2D eigenvalue weighted by molar-refractivity contribution is 6.83. The van der Waals surface area contributed by atoms with E-state index >= 15 is 0 Å². The maximum atomic E-state index is 13.2. The predicted octanol–water partition coefficient (Wildman–Crippen LogP) is 3.14. The van der Waals surface area contributed by atoms with Gasteiger partial charge in [0.15, 0.2) is 0 Å². The highest BCUT2D eigenvalue weighted by atomic mass is 28.3. The van der Waals surface area contributed by atoms with Crippen LogP contribution in [0.1, 0.15) is 6.42 Å². The lowest BCUT2D eigenvalue weighted by Gasteiger charge is -2.08. The van der Waals surface area contributed by atoms with E-state index < -0.39 is 8.07 Å². The third-order valence-electron chi connectivity index (χ3n) is 1.65. The standard InChI is InChI=1S/C11H14FOSi/c1-14(2,3)7-6-9-8-10(13)4-5-11(9)12/h4,8,13H,5H2,1-3H3. The Morgan fingerprint density at radius 2 is 2.07 bits per heavy atom. The molecule has 0 bridgehead atoms. The van der Waals surface area contributed by atoms with Gasteiger partial charge in [-0.3, -0.25) is 0 Å². The molecule has 1 rings (SSSR count). The van der Waals surface area contributed by atoms with Crippen molar-refractivity contribution in [3.8, 4) is 11.5 Å². The van der Waals surface area contributed by atoms with Gasteiger partial charge < -0.3 is 5.11 Å². The monoisotopic (exact) mass is 209 g/mol. The Morgan fingerprint density at radius 1 is 1.43 bits per heavy atom. The lowest BCUT2D eigenvalue weighted by atomic mass is 10.1. The molecule has 1 radical (unpaired) electrons. The van der Waals surface area contributed by atoms with Crippen molar-refractivity contribution in [3.05, 3.63) is 29.7 Å². The van der Waals surface area contributed by atoms with Gasteiger partial charge in [0, 0.05) is 12.8 Å². The third kappa shape index (κ3) is 3.39. The number of aliphatic hydroxyl groups excluding tert-OH is 1. The normalized spacial score (nSPS) is 17.3. The number of aliphatic hydroxyl groups is 1. The molecule has 0 spiro atoms. The van der Waals surface area contributed by atoms with Crippen molar-refractivity contribution in [2.24, 2.45) is 0 Å². The van der Waals surface area contributed by atoms with Gasteiger partial charge >= 0.3 is 0 Å². The molecule has 0 amide bonds. The van der Waals surface area contributed by atoms with E-state index in [0.29, 0.717) is 5.57 Å². The third-order valence-corrected chi connectivity index (χ3v) is 2.52. The summed E-state index contributed by atoms with van der Waals surface area (Å²) < 4.78 is 13.2. The fourth-order valence-electron chi connectivity index (χ4n) is 0.948. The molecule has 0 aromatic rings. The first kappa shape index (κ1) is 11.1. The molecule has 0 heterocycles. The first-order valence-corrected chi connectivity index (χ1v) is 8.04. The van der Waals surface area contributed by atoms with Crippen LogP contribution in [0.25, 0.3) is 0 Å². The van der Waals surface area contributed by atoms with Crippen LogP contribution in [-0.2, 0) is 0 Å². The Kier molecular flexibility index (Phi) is 3.17. The van der Waals surface area contributed by atoms with Crippen LogP contribution in [-0.4, -0.2) is 13.2 Å². The van der Waals surface area contributed by atoms with Gasteiger partial charge in [0.1, 0.15) is 13.9 Å². The van der Waals surface area contributed by atoms with Crippen molar-refractivity contribution in [2.75, 3.05) is 0 Å². The van der Waals surface area contributed by atoms with Gasteiger partial charge in [0.05, 0.1) is 11.3 Å². The predicted molar refractivity (Wildman–Crippen MR) is 58.9 cm³/mol. The largest absolute Gasteiger partial charge is 0.512 e. The minimum Gasteiger partial charge on any atom is -0.512 e. The molecule has 1 nitrogen and oxygen atoms in total. The summed E-state index contributed by atoms with van der Waals surface area (Å²) >= 11 is 0. The molecule has 1 aliphatic rings. The molecule has 14 heavy (non-hydrogen) atoms. The van der Waals surface area contributed by atoms with Crippen LogP contribution >= 0.6 is 0 Å². The van der Waals surface area contributed by atoms with Crippen LogP contribution in [0.2, 0.25) is 19.6 Å². The van der Waals surface area contributed by atoms with Crippen molar-refractivity contribution in [1.82, 2.24) is 0 Å². The topological polar surface area (TPSA) is 20.2 Å². The summed E-state index contributed by atoms with van der Waals surface area (Å²) in [6.45, 7) is 6.28. The van der Waals surface area contributed by atoms with Crippen LogP contribution in [0.15, 0.2) is 23.2 Å². The highest BCUT2D eigenvalue weighted by Crippen LogP contribution is 2.22. The smallest absolute Gasteiger partial charge is 0.129 e. The quantitative estimate of drug-likeness (QED) is 0.480. The SMILES string of the molecule is C[Si](C)(C)C#CC1=C(F)C[CH]C(O)=C1.